The summed E-state index contributed by atoms with van der Waals surface area (Å²) in [6.07, 6.45) is 0.530. The Balaban J connectivity index is 1.95. The fourth-order valence-electron chi connectivity index (χ4n) is 4.23. The van der Waals surface area contributed by atoms with Crippen LogP contribution in [0.15, 0.2) is 82.8 Å². The molecule has 0 aliphatic heterocycles. The maximum absolute atomic E-state index is 13.8. The Labute approximate surface area is 233 Å². The van der Waals surface area contributed by atoms with E-state index in [-0.39, 0.29) is 16.9 Å². The highest BCUT2D eigenvalue weighted by molar-refractivity contribution is 7.93. The molecule has 212 valence electrons. The third-order valence-electron chi connectivity index (χ3n) is 6.20. The van der Waals surface area contributed by atoms with Gasteiger partial charge in [-0.3, -0.25) is 19.2 Å². The Morgan fingerprint density at radius 3 is 2.30 bits per heavy atom. The van der Waals surface area contributed by atoms with E-state index in [0.29, 0.717) is 17.9 Å². The molecule has 0 atom stereocenters. The smallest absolute Gasteiger partial charge is 0.289 e. The lowest BCUT2D eigenvalue weighted by molar-refractivity contribution is -0.387. The zero-order chi connectivity index (χ0) is 29.5. The van der Waals surface area contributed by atoms with E-state index < -0.39 is 38.0 Å². The first-order valence-corrected chi connectivity index (χ1v) is 13.7. The predicted octanol–water partition coefficient (Wildman–Crippen LogP) is 4.67. The average molecular weight is 569 g/mol. The zero-order valence-corrected chi connectivity index (χ0v) is 23.8. The summed E-state index contributed by atoms with van der Waals surface area (Å²) in [5.74, 6) is -0.287. The van der Waals surface area contributed by atoms with E-state index >= 15 is 0 Å². The molecule has 0 saturated heterocycles. The summed E-state index contributed by atoms with van der Waals surface area (Å²) in [5.41, 5.74) is 3.24. The molecule has 0 fully saturated rings. The second-order valence-electron chi connectivity index (χ2n) is 9.58. The van der Waals surface area contributed by atoms with E-state index in [4.69, 9.17) is 9.47 Å². The first-order chi connectivity index (χ1) is 18.9. The number of anilines is 1. The topological polar surface area (TPSA) is 140 Å². The summed E-state index contributed by atoms with van der Waals surface area (Å²) in [6.45, 7) is 5.15. The fraction of sp³-hybridized carbons (Fsp3) is 0.286. The van der Waals surface area contributed by atoms with Crippen LogP contribution in [0.2, 0.25) is 0 Å². The second kappa shape index (κ2) is 12.6. The standard InChI is InChI=1S/C28H32N4O7S/c1-20(18-28(2,3)21-11-7-6-8-12-21)29-30-27(33)19-31(23-16-15-22(38-4)17-25(23)39-5)40(36,37)26-14-10-9-13-24(26)32(34)35/h6-17H,18-19H2,1-5H3,(H,30,33)/b29-20-. The van der Waals surface area contributed by atoms with Gasteiger partial charge < -0.3 is 9.47 Å². The lowest BCUT2D eigenvalue weighted by Crippen LogP contribution is -2.40. The maximum Gasteiger partial charge on any atom is 0.289 e. The van der Waals surface area contributed by atoms with Crippen molar-refractivity contribution in [3.05, 3.63) is 88.5 Å². The Bertz CT molecular complexity index is 1510. The van der Waals surface area contributed by atoms with Crippen LogP contribution in [0, 0.1) is 10.1 Å². The van der Waals surface area contributed by atoms with Crippen molar-refractivity contribution >= 4 is 33.0 Å². The van der Waals surface area contributed by atoms with Crippen LogP contribution in [0.4, 0.5) is 11.4 Å². The number of nitrogens with zero attached hydrogens (tertiary/aromatic N) is 3. The van der Waals surface area contributed by atoms with Crippen LogP contribution in [-0.2, 0) is 20.2 Å². The Morgan fingerprint density at radius 2 is 1.68 bits per heavy atom. The van der Waals surface area contributed by atoms with Gasteiger partial charge in [-0.1, -0.05) is 56.3 Å². The molecule has 0 aliphatic carbocycles. The number of nitro groups is 1. The van der Waals surface area contributed by atoms with Crippen molar-refractivity contribution in [3.8, 4) is 11.5 Å². The normalized spacial score (nSPS) is 12.0. The number of methoxy groups -OCH3 is 2. The van der Waals surface area contributed by atoms with Gasteiger partial charge in [-0.2, -0.15) is 5.10 Å². The van der Waals surface area contributed by atoms with Crippen molar-refractivity contribution in [1.82, 2.24) is 5.43 Å². The highest BCUT2D eigenvalue weighted by atomic mass is 32.2. The lowest BCUT2D eigenvalue weighted by atomic mass is 9.80. The number of rotatable bonds is 12. The van der Waals surface area contributed by atoms with Crippen molar-refractivity contribution in [2.45, 2.75) is 37.5 Å². The molecule has 3 rings (SSSR count). The third-order valence-corrected chi connectivity index (χ3v) is 8.00. The fourth-order valence-corrected chi connectivity index (χ4v) is 5.82. The van der Waals surface area contributed by atoms with Gasteiger partial charge in [0.15, 0.2) is 4.90 Å². The Kier molecular flexibility index (Phi) is 9.48. The minimum Gasteiger partial charge on any atom is -0.497 e. The van der Waals surface area contributed by atoms with Crippen molar-refractivity contribution in [2.75, 3.05) is 25.1 Å². The Morgan fingerprint density at radius 1 is 1.02 bits per heavy atom. The summed E-state index contributed by atoms with van der Waals surface area (Å²) in [4.78, 5) is 23.3. The largest absolute Gasteiger partial charge is 0.497 e. The molecule has 0 radical (unpaired) electrons. The number of carbonyl (C=O) groups excluding carboxylic acids is 1. The predicted molar refractivity (Wildman–Crippen MR) is 153 cm³/mol. The van der Waals surface area contributed by atoms with Crippen molar-refractivity contribution in [2.24, 2.45) is 5.10 Å². The molecule has 0 aromatic heterocycles. The second-order valence-corrected chi connectivity index (χ2v) is 11.4. The first kappa shape index (κ1) is 30.1. The van der Waals surface area contributed by atoms with Gasteiger partial charge in [0, 0.05) is 17.8 Å². The molecule has 3 aromatic carbocycles. The molecule has 0 aliphatic rings. The first-order valence-electron chi connectivity index (χ1n) is 12.3. The van der Waals surface area contributed by atoms with Crippen molar-refractivity contribution in [3.63, 3.8) is 0 Å². The van der Waals surface area contributed by atoms with Crippen LogP contribution in [0.3, 0.4) is 0 Å². The summed E-state index contributed by atoms with van der Waals surface area (Å²) in [5, 5.41) is 15.8. The Hall–Kier alpha value is -4.45. The molecule has 0 bridgehead atoms. The van der Waals surface area contributed by atoms with Crippen LogP contribution in [-0.4, -0.2) is 45.7 Å². The van der Waals surface area contributed by atoms with E-state index in [9.17, 15) is 23.3 Å². The number of amides is 1. The van der Waals surface area contributed by atoms with Gasteiger partial charge >= 0.3 is 0 Å². The van der Waals surface area contributed by atoms with Crippen LogP contribution in [0.25, 0.3) is 0 Å². The van der Waals surface area contributed by atoms with Gasteiger partial charge in [0.25, 0.3) is 21.6 Å². The van der Waals surface area contributed by atoms with Gasteiger partial charge in [-0.05, 0) is 42.5 Å². The molecule has 1 amide bonds. The number of para-hydroxylation sites is 1. The monoisotopic (exact) mass is 568 g/mol. The summed E-state index contributed by atoms with van der Waals surface area (Å²) >= 11 is 0. The van der Waals surface area contributed by atoms with Crippen LogP contribution in [0.5, 0.6) is 11.5 Å². The summed E-state index contributed by atoms with van der Waals surface area (Å²) < 4.78 is 39.0. The third kappa shape index (κ3) is 6.94. The molecule has 40 heavy (non-hydrogen) atoms. The van der Waals surface area contributed by atoms with Crippen molar-refractivity contribution < 1.29 is 27.6 Å². The van der Waals surface area contributed by atoms with E-state index in [2.05, 4.69) is 24.4 Å². The van der Waals surface area contributed by atoms with Crippen LogP contribution in [0.1, 0.15) is 32.8 Å². The molecule has 0 heterocycles. The van der Waals surface area contributed by atoms with E-state index in [1.165, 1.54) is 44.6 Å². The number of sulfonamides is 1. The van der Waals surface area contributed by atoms with Crippen molar-refractivity contribution in [1.29, 1.82) is 0 Å². The highest BCUT2D eigenvalue weighted by Crippen LogP contribution is 2.37. The molecule has 0 spiro atoms. The molecule has 0 unspecified atom stereocenters. The maximum atomic E-state index is 13.8. The van der Waals surface area contributed by atoms with Gasteiger partial charge in [0.05, 0.1) is 24.8 Å². The number of ether oxygens (including phenoxy) is 2. The lowest BCUT2D eigenvalue weighted by Gasteiger charge is -2.26. The number of hydrogen-bond acceptors (Lipinski definition) is 8. The van der Waals surface area contributed by atoms with E-state index in [1.807, 2.05) is 30.3 Å². The summed E-state index contributed by atoms with van der Waals surface area (Å²) in [6, 6.07) is 19.1. The van der Waals surface area contributed by atoms with Crippen LogP contribution < -0.4 is 19.2 Å². The molecular weight excluding hydrogens is 536 g/mol. The molecular formula is C28H32N4O7S. The summed E-state index contributed by atoms with van der Waals surface area (Å²) in [7, 11) is -1.86. The number of nitrogens with one attached hydrogen (secondary N) is 1. The molecule has 12 heteroatoms. The molecule has 3 aromatic rings. The van der Waals surface area contributed by atoms with E-state index in [0.717, 1.165) is 22.0 Å². The highest BCUT2D eigenvalue weighted by Gasteiger charge is 2.34. The minimum atomic E-state index is -4.62. The molecule has 11 nitrogen and oxygen atoms in total. The molecule has 1 N–H and O–H groups in total. The minimum absolute atomic E-state index is 0.0116. The average Bonchev–Trinajstić information content (AvgIpc) is 2.94. The van der Waals surface area contributed by atoms with Gasteiger partial charge in [-0.25, -0.2) is 13.8 Å². The number of benzene rings is 3. The number of carbonyl (C=O) groups is 1. The van der Waals surface area contributed by atoms with Gasteiger partial charge in [0.1, 0.15) is 18.0 Å². The SMILES string of the molecule is COc1ccc(N(CC(=O)N/N=C(/C)CC(C)(C)c2ccccc2)S(=O)(=O)c2ccccc2[N+](=O)[O-])c(OC)c1. The van der Waals surface area contributed by atoms with Gasteiger partial charge in [-0.15, -0.1) is 0 Å². The van der Waals surface area contributed by atoms with Crippen LogP contribution >= 0.6 is 0 Å². The number of hydrogen-bond donors (Lipinski definition) is 1. The zero-order valence-electron chi connectivity index (χ0n) is 23.0. The molecule has 0 saturated carbocycles. The number of nitro benzene ring substituents is 1. The quantitative estimate of drug-likeness (QED) is 0.190. The van der Waals surface area contributed by atoms with E-state index in [1.54, 1.807) is 6.92 Å². The number of hydrazone groups is 1. The van der Waals surface area contributed by atoms with Gasteiger partial charge in [0.2, 0.25) is 0 Å².